The Labute approximate surface area is 122 Å². The lowest BCUT2D eigenvalue weighted by Crippen LogP contribution is -2.01. The van der Waals surface area contributed by atoms with Crippen LogP contribution in [0.15, 0.2) is 24.3 Å². The molecule has 0 saturated carbocycles. The van der Waals surface area contributed by atoms with Gasteiger partial charge in [0.15, 0.2) is 0 Å². The number of benzene rings is 1. The van der Waals surface area contributed by atoms with Crippen molar-refractivity contribution in [3.05, 3.63) is 46.5 Å². The zero-order chi connectivity index (χ0) is 14.0. The number of alkyl halides is 1. The molecule has 2 aromatic rings. The van der Waals surface area contributed by atoms with Crippen LogP contribution in [0.1, 0.15) is 25.1 Å². The van der Waals surface area contributed by atoms with E-state index < -0.39 is 0 Å². The van der Waals surface area contributed by atoms with Gasteiger partial charge in [-0.25, -0.2) is 9.07 Å². The first kappa shape index (κ1) is 14.4. The second-order valence-corrected chi connectivity index (χ2v) is 5.44. The second kappa shape index (κ2) is 5.93. The molecular weight excluding hydrogens is 286 g/mol. The van der Waals surface area contributed by atoms with Crippen LogP contribution in [-0.2, 0) is 12.3 Å². The van der Waals surface area contributed by atoms with Crippen LogP contribution in [-0.4, -0.2) is 9.78 Å². The first-order chi connectivity index (χ1) is 9.04. The summed E-state index contributed by atoms with van der Waals surface area (Å²) >= 11 is 12.2. The van der Waals surface area contributed by atoms with E-state index in [0.29, 0.717) is 16.8 Å². The minimum atomic E-state index is -0.357. The summed E-state index contributed by atoms with van der Waals surface area (Å²) in [4.78, 5) is 0. The van der Waals surface area contributed by atoms with Crippen LogP contribution < -0.4 is 0 Å². The SMILES string of the molecule is CC(C)Cc1nn(-c2ccccc2F)c(Cl)c1CCl. The third kappa shape index (κ3) is 2.93. The first-order valence-electron chi connectivity index (χ1n) is 6.11. The lowest BCUT2D eigenvalue weighted by atomic mass is 10.1. The number of rotatable bonds is 4. The average molecular weight is 301 g/mol. The molecule has 0 unspecified atom stereocenters. The van der Waals surface area contributed by atoms with E-state index in [9.17, 15) is 4.39 Å². The minimum absolute atomic E-state index is 0.273. The zero-order valence-corrected chi connectivity index (χ0v) is 12.3. The predicted molar refractivity (Wildman–Crippen MR) is 76.6 cm³/mol. The minimum Gasteiger partial charge on any atom is -0.219 e. The fraction of sp³-hybridized carbons (Fsp3) is 0.357. The molecule has 19 heavy (non-hydrogen) atoms. The number of nitrogens with zero attached hydrogens (tertiary/aromatic N) is 2. The lowest BCUT2D eigenvalue weighted by Gasteiger charge is -2.04. The second-order valence-electron chi connectivity index (χ2n) is 4.81. The number of halogens is 3. The van der Waals surface area contributed by atoms with Crippen molar-refractivity contribution in [1.29, 1.82) is 0 Å². The van der Waals surface area contributed by atoms with Gasteiger partial charge in [-0.3, -0.25) is 0 Å². The van der Waals surface area contributed by atoms with Crippen molar-refractivity contribution in [1.82, 2.24) is 9.78 Å². The molecule has 0 saturated heterocycles. The van der Waals surface area contributed by atoms with E-state index in [1.807, 2.05) is 0 Å². The van der Waals surface area contributed by atoms with Gasteiger partial charge in [0.25, 0.3) is 0 Å². The van der Waals surface area contributed by atoms with Crippen molar-refractivity contribution >= 4 is 23.2 Å². The fourth-order valence-corrected chi connectivity index (χ4v) is 2.59. The molecule has 0 spiro atoms. The summed E-state index contributed by atoms with van der Waals surface area (Å²) in [5.74, 6) is 0.348. The zero-order valence-electron chi connectivity index (χ0n) is 10.8. The van der Waals surface area contributed by atoms with E-state index in [1.165, 1.54) is 10.7 Å². The molecule has 1 aromatic carbocycles. The number of aromatic nitrogens is 2. The lowest BCUT2D eigenvalue weighted by molar-refractivity contribution is 0.602. The molecular formula is C14H15Cl2FN2. The standard InChI is InChI=1S/C14H15Cl2FN2/c1-9(2)7-12-10(8-15)14(16)19(18-12)13-6-4-3-5-11(13)17/h3-6,9H,7-8H2,1-2H3. The molecule has 5 heteroatoms. The van der Waals surface area contributed by atoms with E-state index in [0.717, 1.165) is 17.7 Å². The largest absolute Gasteiger partial charge is 0.219 e. The van der Waals surface area contributed by atoms with Gasteiger partial charge in [0.05, 0.1) is 11.6 Å². The highest BCUT2D eigenvalue weighted by Gasteiger charge is 2.18. The summed E-state index contributed by atoms with van der Waals surface area (Å²) in [6, 6.07) is 6.41. The van der Waals surface area contributed by atoms with Gasteiger partial charge in [-0.15, -0.1) is 11.6 Å². The van der Waals surface area contributed by atoms with Crippen LogP contribution in [0, 0.1) is 11.7 Å². The van der Waals surface area contributed by atoms with Gasteiger partial charge >= 0.3 is 0 Å². The van der Waals surface area contributed by atoms with Crippen LogP contribution in [0.3, 0.4) is 0 Å². The van der Waals surface area contributed by atoms with Crippen molar-refractivity contribution in [2.24, 2.45) is 5.92 Å². The molecule has 1 heterocycles. The molecule has 0 fully saturated rings. The number of para-hydroxylation sites is 1. The fourth-order valence-electron chi connectivity index (χ4n) is 1.94. The molecule has 1 aromatic heterocycles. The maximum atomic E-state index is 13.8. The van der Waals surface area contributed by atoms with Crippen LogP contribution in [0.25, 0.3) is 5.69 Å². The molecule has 2 rings (SSSR count). The van der Waals surface area contributed by atoms with Crippen molar-refractivity contribution < 1.29 is 4.39 Å². The summed E-state index contributed by atoms with van der Waals surface area (Å²) in [6.07, 6.45) is 0.767. The third-order valence-corrected chi connectivity index (χ3v) is 3.48. The summed E-state index contributed by atoms with van der Waals surface area (Å²) in [6.45, 7) is 4.18. The van der Waals surface area contributed by atoms with Gasteiger partial charge in [0, 0.05) is 5.56 Å². The Balaban J connectivity index is 2.53. The van der Waals surface area contributed by atoms with Gasteiger partial charge in [-0.1, -0.05) is 37.6 Å². The predicted octanol–water partition coefficient (Wildman–Crippen LogP) is 4.60. The third-order valence-electron chi connectivity index (χ3n) is 2.82. The number of hydrogen-bond acceptors (Lipinski definition) is 1. The molecule has 0 amide bonds. The Hall–Kier alpha value is -1.06. The summed E-state index contributed by atoms with van der Waals surface area (Å²) < 4.78 is 15.2. The Bertz CT molecular complexity index is 579. The summed E-state index contributed by atoms with van der Waals surface area (Å²) in [5, 5.41) is 4.80. The van der Waals surface area contributed by atoms with Crippen molar-refractivity contribution in [2.75, 3.05) is 0 Å². The highest BCUT2D eigenvalue weighted by Crippen LogP contribution is 2.27. The highest BCUT2D eigenvalue weighted by molar-refractivity contribution is 6.31. The quantitative estimate of drug-likeness (QED) is 0.754. The van der Waals surface area contributed by atoms with Gasteiger partial charge in [-0.2, -0.15) is 5.10 Å². The molecule has 0 radical (unpaired) electrons. The first-order valence-corrected chi connectivity index (χ1v) is 7.03. The number of hydrogen-bond donors (Lipinski definition) is 0. The van der Waals surface area contributed by atoms with E-state index in [-0.39, 0.29) is 11.7 Å². The highest BCUT2D eigenvalue weighted by atomic mass is 35.5. The summed E-state index contributed by atoms with van der Waals surface area (Å²) in [5.41, 5.74) is 1.95. The van der Waals surface area contributed by atoms with E-state index >= 15 is 0 Å². The molecule has 2 nitrogen and oxygen atoms in total. The van der Waals surface area contributed by atoms with E-state index in [2.05, 4.69) is 18.9 Å². The molecule has 0 aliphatic rings. The normalized spacial score (nSPS) is 11.3. The van der Waals surface area contributed by atoms with Crippen molar-refractivity contribution in [3.63, 3.8) is 0 Å². The smallest absolute Gasteiger partial charge is 0.148 e. The van der Waals surface area contributed by atoms with Gasteiger partial charge < -0.3 is 0 Å². The molecule has 0 aliphatic heterocycles. The van der Waals surface area contributed by atoms with Crippen molar-refractivity contribution in [3.8, 4) is 5.69 Å². The Kier molecular flexibility index (Phi) is 4.48. The summed E-state index contributed by atoms with van der Waals surface area (Å²) in [7, 11) is 0. The molecule has 0 aliphatic carbocycles. The monoisotopic (exact) mass is 300 g/mol. The van der Waals surface area contributed by atoms with Crippen LogP contribution in [0.4, 0.5) is 4.39 Å². The Morgan fingerprint density at radius 2 is 2.00 bits per heavy atom. The van der Waals surface area contributed by atoms with E-state index in [4.69, 9.17) is 23.2 Å². The molecule has 0 atom stereocenters. The molecule has 0 bridgehead atoms. The molecule has 102 valence electrons. The van der Waals surface area contributed by atoms with Crippen molar-refractivity contribution in [2.45, 2.75) is 26.1 Å². The van der Waals surface area contributed by atoms with Crippen LogP contribution in [0.5, 0.6) is 0 Å². The molecule has 0 N–H and O–H groups in total. The maximum Gasteiger partial charge on any atom is 0.148 e. The topological polar surface area (TPSA) is 17.8 Å². The van der Waals surface area contributed by atoms with Gasteiger partial charge in [0.2, 0.25) is 0 Å². The van der Waals surface area contributed by atoms with Gasteiger partial charge in [0.1, 0.15) is 16.7 Å². The van der Waals surface area contributed by atoms with Gasteiger partial charge in [-0.05, 0) is 24.5 Å². The van der Waals surface area contributed by atoms with Crippen LogP contribution >= 0.6 is 23.2 Å². The van der Waals surface area contributed by atoms with E-state index in [1.54, 1.807) is 18.2 Å². The van der Waals surface area contributed by atoms with Crippen LogP contribution in [0.2, 0.25) is 5.15 Å². The maximum absolute atomic E-state index is 13.8. The average Bonchev–Trinajstić information content (AvgIpc) is 2.65. The Morgan fingerprint density at radius 1 is 1.32 bits per heavy atom. The Morgan fingerprint density at radius 3 is 2.58 bits per heavy atom.